The highest BCUT2D eigenvalue weighted by Crippen LogP contribution is 2.35. The number of hydrogen-bond acceptors (Lipinski definition) is 2. The fourth-order valence-electron chi connectivity index (χ4n) is 3.69. The summed E-state index contributed by atoms with van der Waals surface area (Å²) in [4.78, 5) is 4.95. The molecule has 1 heterocycles. The molecule has 0 unspecified atom stereocenters. The predicted octanol–water partition coefficient (Wildman–Crippen LogP) is 7.36. The molecule has 0 aliphatic heterocycles. The summed E-state index contributed by atoms with van der Waals surface area (Å²) in [7, 11) is 0. The Morgan fingerprint density at radius 1 is 0.704 bits per heavy atom. The van der Waals surface area contributed by atoms with Gasteiger partial charge in [-0.2, -0.15) is 0 Å². The Morgan fingerprint density at radius 2 is 1.22 bits per heavy atom. The average molecular weight is 359 g/mol. The van der Waals surface area contributed by atoms with Gasteiger partial charge < -0.3 is 5.32 Å². The molecule has 0 amide bonds. The van der Waals surface area contributed by atoms with Crippen molar-refractivity contribution in [1.82, 2.24) is 4.98 Å². The van der Waals surface area contributed by atoms with Gasteiger partial charge in [-0.05, 0) is 60.1 Å². The third-order valence-corrected chi connectivity index (χ3v) is 5.11. The van der Waals surface area contributed by atoms with Crippen LogP contribution in [-0.4, -0.2) is 4.98 Å². The summed E-state index contributed by atoms with van der Waals surface area (Å²) < 4.78 is 0. The number of aromatic nitrogens is 1. The third-order valence-electron chi connectivity index (χ3n) is 5.11. The average Bonchev–Trinajstić information content (AvgIpc) is 2.61. The largest absolute Gasteiger partial charge is 0.340 e. The molecule has 0 aliphatic rings. The van der Waals surface area contributed by atoms with Gasteiger partial charge in [0.15, 0.2) is 0 Å². The van der Waals surface area contributed by atoms with E-state index in [4.69, 9.17) is 4.98 Å². The monoisotopic (exact) mass is 358 g/mol. The van der Waals surface area contributed by atoms with Crippen LogP contribution in [0.4, 0.5) is 11.5 Å². The third kappa shape index (κ3) is 4.05. The van der Waals surface area contributed by atoms with Crippen LogP contribution in [0.2, 0.25) is 0 Å². The highest BCUT2D eigenvalue weighted by Gasteiger charge is 2.15. The molecule has 3 rings (SSSR count). The number of nitrogens with zero attached hydrogens (tertiary/aromatic N) is 1. The van der Waals surface area contributed by atoms with Gasteiger partial charge in [-0.15, -0.1) is 0 Å². The van der Waals surface area contributed by atoms with Crippen molar-refractivity contribution in [2.75, 3.05) is 5.32 Å². The first-order valence-corrected chi connectivity index (χ1v) is 9.82. The van der Waals surface area contributed by atoms with Gasteiger partial charge in [0.05, 0.1) is 5.69 Å². The lowest BCUT2D eigenvalue weighted by Crippen LogP contribution is -2.05. The number of aryl methyl sites for hydroxylation is 2. The zero-order valence-corrected chi connectivity index (χ0v) is 17.3. The van der Waals surface area contributed by atoms with Crippen molar-refractivity contribution in [2.24, 2.45) is 0 Å². The van der Waals surface area contributed by atoms with Crippen molar-refractivity contribution < 1.29 is 0 Å². The van der Waals surface area contributed by atoms with Crippen LogP contribution in [-0.2, 0) is 0 Å². The number of nitrogens with one attached hydrogen (secondary N) is 1. The lowest BCUT2D eigenvalue weighted by atomic mass is 9.92. The summed E-state index contributed by atoms with van der Waals surface area (Å²) in [6.07, 6.45) is 0. The number of anilines is 2. The Labute approximate surface area is 163 Å². The van der Waals surface area contributed by atoms with E-state index < -0.39 is 0 Å². The number of para-hydroxylation sites is 1. The van der Waals surface area contributed by atoms with Crippen molar-refractivity contribution in [3.63, 3.8) is 0 Å². The molecule has 0 radical (unpaired) electrons. The second-order valence-corrected chi connectivity index (χ2v) is 7.92. The minimum atomic E-state index is 0.452. The van der Waals surface area contributed by atoms with Crippen LogP contribution in [0, 0.1) is 13.8 Å². The molecular weight excluding hydrogens is 328 g/mol. The smallest absolute Gasteiger partial charge is 0.131 e. The number of hydrogen-bond donors (Lipinski definition) is 1. The molecule has 27 heavy (non-hydrogen) atoms. The Kier molecular flexibility index (Phi) is 5.65. The lowest BCUT2D eigenvalue weighted by Gasteiger charge is -2.21. The summed E-state index contributed by atoms with van der Waals surface area (Å²) in [5.74, 6) is 1.80. The molecule has 140 valence electrons. The fraction of sp³-hybridized carbons (Fsp3) is 0.320. The molecule has 1 aromatic heterocycles. The van der Waals surface area contributed by atoms with Crippen molar-refractivity contribution in [2.45, 2.75) is 53.4 Å². The summed E-state index contributed by atoms with van der Waals surface area (Å²) in [6.45, 7) is 13.3. The second kappa shape index (κ2) is 7.96. The van der Waals surface area contributed by atoms with Crippen LogP contribution in [0.25, 0.3) is 11.3 Å². The van der Waals surface area contributed by atoms with Crippen LogP contribution in [0.15, 0.2) is 54.6 Å². The molecular formula is C25H30N2. The van der Waals surface area contributed by atoms with Gasteiger partial charge in [-0.3, -0.25) is 0 Å². The van der Waals surface area contributed by atoms with Gasteiger partial charge >= 0.3 is 0 Å². The van der Waals surface area contributed by atoms with Gasteiger partial charge in [0.25, 0.3) is 0 Å². The van der Waals surface area contributed by atoms with E-state index in [0.717, 1.165) is 11.5 Å². The van der Waals surface area contributed by atoms with Crippen LogP contribution in [0.1, 0.15) is 61.8 Å². The van der Waals surface area contributed by atoms with Crippen LogP contribution >= 0.6 is 0 Å². The van der Waals surface area contributed by atoms with Crippen LogP contribution in [0.3, 0.4) is 0 Å². The molecule has 2 aromatic carbocycles. The van der Waals surface area contributed by atoms with E-state index in [-0.39, 0.29) is 0 Å². The van der Waals surface area contributed by atoms with Crippen molar-refractivity contribution in [3.8, 4) is 11.3 Å². The zero-order chi connectivity index (χ0) is 19.6. The summed E-state index contributed by atoms with van der Waals surface area (Å²) in [6, 6.07) is 19.2. The molecule has 2 heteroatoms. The summed E-state index contributed by atoms with van der Waals surface area (Å²) in [5.41, 5.74) is 8.62. The van der Waals surface area contributed by atoms with Crippen molar-refractivity contribution in [3.05, 3.63) is 76.9 Å². The van der Waals surface area contributed by atoms with Crippen LogP contribution in [0.5, 0.6) is 0 Å². The molecule has 0 aliphatic carbocycles. The van der Waals surface area contributed by atoms with Gasteiger partial charge in [0.2, 0.25) is 0 Å². The Hall–Kier alpha value is -2.61. The van der Waals surface area contributed by atoms with Gasteiger partial charge in [-0.1, -0.05) is 70.2 Å². The molecule has 0 saturated carbocycles. The standard InChI is InChI=1S/C25H30N2/c1-16(2)20-12-8-13-21(17(3)4)25(20)27-23-15-9-14-22(26-23)24-18(5)10-7-11-19(24)6/h7-17H,1-6H3,(H,26,27). The number of benzene rings is 2. The molecule has 3 aromatic rings. The normalized spacial score (nSPS) is 11.3. The molecule has 0 spiro atoms. The van der Waals surface area contributed by atoms with E-state index in [9.17, 15) is 0 Å². The maximum Gasteiger partial charge on any atom is 0.131 e. The lowest BCUT2D eigenvalue weighted by molar-refractivity contribution is 0.838. The van der Waals surface area contributed by atoms with Crippen molar-refractivity contribution >= 4 is 11.5 Å². The maximum absolute atomic E-state index is 4.95. The second-order valence-electron chi connectivity index (χ2n) is 7.92. The molecule has 0 bridgehead atoms. The van der Waals surface area contributed by atoms with Crippen LogP contribution < -0.4 is 5.32 Å². The summed E-state index contributed by atoms with van der Waals surface area (Å²) in [5, 5.41) is 3.64. The molecule has 0 saturated heterocycles. The van der Waals surface area contributed by atoms with Gasteiger partial charge in [0.1, 0.15) is 5.82 Å². The molecule has 0 fully saturated rings. The quantitative estimate of drug-likeness (QED) is 0.515. The van der Waals surface area contributed by atoms with E-state index in [1.807, 2.05) is 0 Å². The Balaban J connectivity index is 2.06. The fourth-order valence-corrected chi connectivity index (χ4v) is 3.69. The molecule has 1 N–H and O–H groups in total. The Bertz CT molecular complexity index is 892. The number of pyridine rings is 1. The number of rotatable bonds is 5. The summed E-state index contributed by atoms with van der Waals surface area (Å²) >= 11 is 0. The first-order valence-electron chi connectivity index (χ1n) is 9.82. The van der Waals surface area contributed by atoms with E-state index >= 15 is 0 Å². The topological polar surface area (TPSA) is 24.9 Å². The SMILES string of the molecule is Cc1cccc(C)c1-c1cccc(Nc2c(C(C)C)cccc2C(C)C)n1. The first-order chi connectivity index (χ1) is 12.9. The van der Waals surface area contributed by atoms with Gasteiger partial charge in [0, 0.05) is 11.3 Å². The van der Waals surface area contributed by atoms with E-state index in [1.165, 1.54) is 33.5 Å². The van der Waals surface area contributed by atoms with Gasteiger partial charge in [-0.25, -0.2) is 4.98 Å². The highest BCUT2D eigenvalue weighted by molar-refractivity contribution is 5.71. The minimum Gasteiger partial charge on any atom is -0.340 e. The predicted molar refractivity (Wildman–Crippen MR) is 117 cm³/mol. The van der Waals surface area contributed by atoms with E-state index in [0.29, 0.717) is 11.8 Å². The molecule has 2 nitrogen and oxygen atoms in total. The minimum absolute atomic E-state index is 0.452. The van der Waals surface area contributed by atoms with E-state index in [2.05, 4.69) is 101 Å². The first kappa shape index (κ1) is 19.2. The maximum atomic E-state index is 4.95. The molecule has 0 atom stereocenters. The van der Waals surface area contributed by atoms with E-state index in [1.54, 1.807) is 0 Å². The highest BCUT2D eigenvalue weighted by atomic mass is 15.0. The zero-order valence-electron chi connectivity index (χ0n) is 17.3. The van der Waals surface area contributed by atoms with Crippen molar-refractivity contribution in [1.29, 1.82) is 0 Å². The Morgan fingerprint density at radius 3 is 1.78 bits per heavy atom.